The van der Waals surface area contributed by atoms with Crippen LogP contribution in [-0.4, -0.2) is 49.3 Å². The lowest BCUT2D eigenvalue weighted by Gasteiger charge is -2.40. The number of hydrogen-bond donors (Lipinski definition) is 0. The van der Waals surface area contributed by atoms with Gasteiger partial charge >= 0.3 is 11.8 Å². The van der Waals surface area contributed by atoms with Crippen LogP contribution >= 0.6 is 0 Å². The molecule has 9 heteroatoms. The van der Waals surface area contributed by atoms with E-state index in [-0.39, 0.29) is 34.8 Å². The van der Waals surface area contributed by atoms with E-state index < -0.39 is 27.4 Å². The van der Waals surface area contributed by atoms with Crippen LogP contribution in [0.25, 0.3) is 0 Å². The smallest absolute Gasteiger partial charge is 0.338 e. The lowest BCUT2D eigenvalue weighted by Crippen LogP contribution is -2.53. The molecule has 1 atom stereocenters. The van der Waals surface area contributed by atoms with Gasteiger partial charge in [0.2, 0.25) is 10.0 Å². The number of rotatable bonds is 2. The SMILES string of the molecule is CC1CN(S(=O)(=O)c2ccc3c(c2)=NC(=O)C(=O)N=3)CC(C)(C)O1. The third kappa shape index (κ3) is 3.02. The Kier molecular flexibility index (Phi) is 3.89. The van der Waals surface area contributed by atoms with Crippen molar-refractivity contribution >= 4 is 21.8 Å². The Labute approximate surface area is 138 Å². The van der Waals surface area contributed by atoms with Gasteiger partial charge in [-0.1, -0.05) is 0 Å². The Morgan fingerprint density at radius 1 is 1.17 bits per heavy atom. The molecule has 0 saturated carbocycles. The van der Waals surface area contributed by atoms with Crippen LogP contribution in [0.15, 0.2) is 33.1 Å². The van der Waals surface area contributed by atoms with E-state index in [0.717, 1.165) is 0 Å². The highest BCUT2D eigenvalue weighted by atomic mass is 32.2. The number of carbonyl (C=O) groups is 2. The predicted molar refractivity (Wildman–Crippen MR) is 82.2 cm³/mol. The summed E-state index contributed by atoms with van der Waals surface area (Å²) >= 11 is 0. The molecule has 2 heterocycles. The first-order valence-electron chi connectivity index (χ1n) is 7.42. The first-order valence-corrected chi connectivity index (χ1v) is 8.86. The molecule has 0 radical (unpaired) electrons. The van der Waals surface area contributed by atoms with E-state index >= 15 is 0 Å². The van der Waals surface area contributed by atoms with Crippen molar-refractivity contribution < 1.29 is 22.7 Å². The molecule has 0 bridgehead atoms. The van der Waals surface area contributed by atoms with Crippen molar-refractivity contribution in [1.82, 2.24) is 4.31 Å². The second-order valence-corrected chi connectivity index (χ2v) is 8.41. The molecule has 128 valence electrons. The summed E-state index contributed by atoms with van der Waals surface area (Å²) in [4.78, 5) is 29.8. The molecule has 1 aromatic rings. The number of sulfonamides is 1. The van der Waals surface area contributed by atoms with Gasteiger partial charge in [-0.2, -0.15) is 4.31 Å². The van der Waals surface area contributed by atoms with Crippen LogP contribution in [-0.2, 0) is 24.3 Å². The van der Waals surface area contributed by atoms with Crippen molar-refractivity contribution in [2.75, 3.05) is 13.1 Å². The van der Waals surface area contributed by atoms with Gasteiger partial charge in [-0.15, -0.1) is 0 Å². The number of amides is 2. The maximum atomic E-state index is 12.9. The average Bonchev–Trinajstić information content (AvgIpc) is 2.45. The van der Waals surface area contributed by atoms with Crippen LogP contribution in [0.1, 0.15) is 20.8 Å². The quantitative estimate of drug-likeness (QED) is 0.647. The van der Waals surface area contributed by atoms with Crippen LogP contribution in [0, 0.1) is 0 Å². The first-order chi connectivity index (χ1) is 11.1. The summed E-state index contributed by atoms with van der Waals surface area (Å²) < 4.78 is 32.9. The molecule has 2 aliphatic heterocycles. The zero-order valence-electron chi connectivity index (χ0n) is 13.5. The minimum Gasteiger partial charge on any atom is -0.370 e. The van der Waals surface area contributed by atoms with E-state index in [0.29, 0.717) is 0 Å². The van der Waals surface area contributed by atoms with Gasteiger partial charge in [0.25, 0.3) is 0 Å². The van der Waals surface area contributed by atoms with E-state index in [4.69, 9.17) is 4.74 Å². The fourth-order valence-corrected chi connectivity index (χ4v) is 4.58. The van der Waals surface area contributed by atoms with Crippen molar-refractivity contribution in [2.45, 2.75) is 37.4 Å². The lowest BCUT2D eigenvalue weighted by molar-refractivity contribution is -0.135. The monoisotopic (exact) mass is 351 g/mol. The summed E-state index contributed by atoms with van der Waals surface area (Å²) in [5, 5.41) is 0.274. The van der Waals surface area contributed by atoms with Crippen LogP contribution in [0.2, 0.25) is 0 Å². The van der Waals surface area contributed by atoms with Gasteiger partial charge < -0.3 is 4.74 Å². The summed E-state index contributed by atoms with van der Waals surface area (Å²) in [7, 11) is -3.78. The van der Waals surface area contributed by atoms with Gasteiger partial charge in [0.05, 0.1) is 27.3 Å². The Morgan fingerprint density at radius 3 is 2.42 bits per heavy atom. The van der Waals surface area contributed by atoms with Crippen molar-refractivity contribution in [3.8, 4) is 0 Å². The van der Waals surface area contributed by atoms with Gasteiger partial charge in [0.1, 0.15) is 0 Å². The summed E-state index contributed by atoms with van der Waals surface area (Å²) in [6.07, 6.45) is -0.236. The molecule has 0 aromatic heterocycles. The first kappa shape index (κ1) is 16.9. The van der Waals surface area contributed by atoms with E-state index in [1.807, 2.05) is 20.8 Å². The van der Waals surface area contributed by atoms with E-state index in [1.54, 1.807) is 0 Å². The molecular formula is C15H17N3O5S. The van der Waals surface area contributed by atoms with Crippen molar-refractivity contribution in [3.05, 3.63) is 28.9 Å². The predicted octanol–water partition coefficient (Wildman–Crippen LogP) is -0.819. The van der Waals surface area contributed by atoms with Crippen LogP contribution < -0.4 is 10.7 Å². The highest BCUT2D eigenvalue weighted by Gasteiger charge is 2.38. The van der Waals surface area contributed by atoms with Crippen LogP contribution in [0.3, 0.4) is 0 Å². The van der Waals surface area contributed by atoms with Crippen LogP contribution in [0.5, 0.6) is 0 Å². The molecule has 1 fully saturated rings. The second-order valence-electron chi connectivity index (χ2n) is 6.47. The fraction of sp³-hybridized carbons (Fsp3) is 0.467. The van der Waals surface area contributed by atoms with Crippen molar-refractivity contribution in [3.63, 3.8) is 0 Å². The molecule has 2 aliphatic rings. The van der Waals surface area contributed by atoms with E-state index in [2.05, 4.69) is 9.98 Å². The maximum Gasteiger partial charge on any atom is 0.338 e. The van der Waals surface area contributed by atoms with Crippen LogP contribution in [0.4, 0.5) is 0 Å². The summed E-state index contributed by atoms with van der Waals surface area (Å²) in [5.41, 5.74) is -0.596. The fourth-order valence-electron chi connectivity index (χ4n) is 2.89. The Balaban J connectivity index is 2.05. The molecule has 8 nitrogen and oxygen atoms in total. The highest BCUT2D eigenvalue weighted by Crippen LogP contribution is 2.25. The maximum absolute atomic E-state index is 12.9. The van der Waals surface area contributed by atoms with Gasteiger partial charge in [-0.25, -0.2) is 18.4 Å². The topological polar surface area (TPSA) is 105 Å². The normalized spacial score (nSPS) is 24.0. The zero-order chi connectivity index (χ0) is 17.7. The molecule has 2 amide bonds. The van der Waals surface area contributed by atoms with E-state index in [9.17, 15) is 18.0 Å². The minimum absolute atomic E-state index is 0.00671. The second kappa shape index (κ2) is 5.54. The Bertz CT molecular complexity index is 952. The molecule has 3 rings (SSSR count). The molecule has 1 saturated heterocycles. The highest BCUT2D eigenvalue weighted by molar-refractivity contribution is 7.89. The minimum atomic E-state index is -3.78. The van der Waals surface area contributed by atoms with E-state index in [1.165, 1.54) is 22.5 Å². The summed E-state index contributed by atoms with van der Waals surface area (Å²) in [5.74, 6) is -1.96. The number of morpholine rings is 1. The molecular weight excluding hydrogens is 334 g/mol. The Morgan fingerprint density at radius 2 is 1.79 bits per heavy atom. The van der Waals surface area contributed by atoms with Crippen molar-refractivity contribution in [2.24, 2.45) is 9.98 Å². The standard InChI is InChI=1S/C15H17N3O5S/c1-9-7-18(8-15(2,3)23-9)24(21,22)10-4-5-11-12(6-10)17-14(20)13(19)16-11/h4-6,9H,7-8H2,1-3H3. The van der Waals surface area contributed by atoms with Gasteiger partial charge in [-0.05, 0) is 39.0 Å². The number of fused-ring (bicyclic) bond motifs is 1. The number of carbonyl (C=O) groups excluding carboxylic acids is 2. The largest absolute Gasteiger partial charge is 0.370 e. The molecule has 0 N–H and O–H groups in total. The molecule has 0 spiro atoms. The number of ether oxygens (including phenoxy) is 1. The van der Waals surface area contributed by atoms with Gasteiger partial charge in [0.15, 0.2) is 0 Å². The summed E-state index contributed by atoms with van der Waals surface area (Å²) in [6.45, 7) is 5.93. The zero-order valence-corrected chi connectivity index (χ0v) is 14.3. The number of benzene rings is 1. The molecule has 1 aromatic carbocycles. The van der Waals surface area contributed by atoms with Gasteiger partial charge in [0, 0.05) is 13.1 Å². The Hall–Kier alpha value is -1.97. The summed E-state index contributed by atoms with van der Waals surface area (Å²) in [6, 6.07) is 4.01. The average molecular weight is 351 g/mol. The third-order valence-electron chi connectivity index (χ3n) is 3.75. The molecule has 1 unspecified atom stereocenters. The van der Waals surface area contributed by atoms with Gasteiger partial charge in [-0.3, -0.25) is 9.59 Å². The number of nitrogens with zero attached hydrogens (tertiary/aromatic N) is 3. The third-order valence-corrected chi connectivity index (χ3v) is 5.56. The van der Waals surface area contributed by atoms with Crippen molar-refractivity contribution in [1.29, 1.82) is 0 Å². The molecule has 24 heavy (non-hydrogen) atoms. The molecule has 0 aliphatic carbocycles. The number of hydrogen-bond acceptors (Lipinski definition) is 5. The lowest BCUT2D eigenvalue weighted by atomic mass is 10.1.